The molecule has 1 aromatic rings. The van der Waals surface area contributed by atoms with Gasteiger partial charge in [0.1, 0.15) is 0 Å². The van der Waals surface area contributed by atoms with Crippen LogP contribution in [0.3, 0.4) is 0 Å². The molecule has 6 nitrogen and oxygen atoms in total. The third kappa shape index (κ3) is 3.88. The van der Waals surface area contributed by atoms with Crippen LogP contribution in [0.15, 0.2) is 29.4 Å². The summed E-state index contributed by atoms with van der Waals surface area (Å²) in [6, 6.07) is 6.00. The number of carbonyl (C=O) groups excluding carboxylic acids is 1. The van der Waals surface area contributed by atoms with Crippen LogP contribution in [0.2, 0.25) is 0 Å². The van der Waals surface area contributed by atoms with Crippen molar-refractivity contribution in [2.75, 3.05) is 0 Å². The predicted octanol–water partition coefficient (Wildman–Crippen LogP) is 2.63. The van der Waals surface area contributed by atoms with Crippen LogP contribution in [0.25, 0.3) is 0 Å². The molecule has 20 heavy (non-hydrogen) atoms. The molecule has 1 aliphatic rings. The number of nitrogens with one attached hydrogen (secondary N) is 1. The van der Waals surface area contributed by atoms with Crippen molar-refractivity contribution in [1.82, 2.24) is 5.43 Å². The molecule has 0 radical (unpaired) electrons. The number of hydrogen-bond acceptors (Lipinski definition) is 4. The summed E-state index contributed by atoms with van der Waals surface area (Å²) >= 11 is 0. The van der Waals surface area contributed by atoms with Crippen LogP contribution in [-0.2, 0) is 4.79 Å². The molecule has 1 amide bonds. The predicted molar refractivity (Wildman–Crippen MR) is 75.4 cm³/mol. The first-order valence-corrected chi connectivity index (χ1v) is 6.74. The molecule has 2 rings (SSSR count). The van der Waals surface area contributed by atoms with Gasteiger partial charge in [0, 0.05) is 18.1 Å². The molecule has 1 saturated carbocycles. The van der Waals surface area contributed by atoms with Crippen molar-refractivity contribution < 1.29 is 9.72 Å². The fourth-order valence-corrected chi connectivity index (χ4v) is 2.31. The lowest BCUT2D eigenvalue weighted by molar-refractivity contribution is -0.384. The van der Waals surface area contributed by atoms with Gasteiger partial charge in [0.2, 0.25) is 5.91 Å². The molecule has 1 fully saturated rings. The first-order chi connectivity index (χ1) is 9.66. The molecule has 0 heterocycles. The molecule has 0 unspecified atom stereocenters. The molecule has 106 valence electrons. The van der Waals surface area contributed by atoms with E-state index in [1.165, 1.54) is 24.8 Å². The van der Waals surface area contributed by atoms with Crippen LogP contribution in [0, 0.1) is 16.0 Å². The van der Waals surface area contributed by atoms with E-state index in [0.717, 1.165) is 25.7 Å². The summed E-state index contributed by atoms with van der Waals surface area (Å²) in [4.78, 5) is 21.9. The van der Waals surface area contributed by atoms with Crippen LogP contribution in [-0.4, -0.2) is 17.0 Å². The van der Waals surface area contributed by atoms with E-state index in [9.17, 15) is 14.9 Å². The minimum Gasteiger partial charge on any atom is -0.273 e. The number of benzene rings is 1. The van der Waals surface area contributed by atoms with Gasteiger partial charge < -0.3 is 0 Å². The standard InChI is InChI=1S/C14H17N3O3/c18-14(12-4-2-1-3-5-12)16-15-10-11-6-8-13(9-7-11)17(19)20/h6-10,12H,1-5H2,(H,16,18)/b15-10-. The summed E-state index contributed by atoms with van der Waals surface area (Å²) in [7, 11) is 0. The van der Waals surface area contributed by atoms with E-state index in [1.807, 2.05) is 0 Å². The number of amides is 1. The van der Waals surface area contributed by atoms with E-state index in [-0.39, 0.29) is 17.5 Å². The molecule has 0 bridgehead atoms. The van der Waals surface area contributed by atoms with Gasteiger partial charge in [0.25, 0.3) is 5.69 Å². The van der Waals surface area contributed by atoms with Crippen molar-refractivity contribution in [2.24, 2.45) is 11.0 Å². The highest BCUT2D eigenvalue weighted by atomic mass is 16.6. The number of nitro benzene ring substituents is 1. The Morgan fingerprint density at radius 1 is 1.25 bits per heavy atom. The molecule has 6 heteroatoms. The monoisotopic (exact) mass is 275 g/mol. The molecule has 1 N–H and O–H groups in total. The summed E-state index contributed by atoms with van der Waals surface area (Å²) in [5.74, 6) is 0.0284. The second-order valence-electron chi connectivity index (χ2n) is 4.92. The van der Waals surface area contributed by atoms with Gasteiger partial charge in [-0.15, -0.1) is 0 Å². The molecule has 0 saturated heterocycles. The van der Waals surface area contributed by atoms with Crippen LogP contribution < -0.4 is 5.43 Å². The minimum atomic E-state index is -0.453. The highest BCUT2D eigenvalue weighted by molar-refractivity contribution is 5.83. The molecule has 0 spiro atoms. The van der Waals surface area contributed by atoms with Crippen molar-refractivity contribution in [3.05, 3.63) is 39.9 Å². The Balaban J connectivity index is 1.86. The summed E-state index contributed by atoms with van der Waals surface area (Å²) < 4.78 is 0. The van der Waals surface area contributed by atoms with Gasteiger partial charge in [0.15, 0.2) is 0 Å². The van der Waals surface area contributed by atoms with Gasteiger partial charge in [-0.05, 0) is 30.5 Å². The lowest BCUT2D eigenvalue weighted by Gasteiger charge is -2.19. The Morgan fingerprint density at radius 3 is 2.50 bits per heavy atom. The summed E-state index contributed by atoms with van der Waals surface area (Å²) in [5, 5.41) is 14.4. The summed E-state index contributed by atoms with van der Waals surface area (Å²) in [6.45, 7) is 0. The lowest BCUT2D eigenvalue weighted by atomic mass is 9.89. The number of non-ortho nitro benzene ring substituents is 1. The van der Waals surface area contributed by atoms with E-state index in [0.29, 0.717) is 5.56 Å². The van der Waals surface area contributed by atoms with E-state index in [2.05, 4.69) is 10.5 Å². The number of hydrogen-bond donors (Lipinski definition) is 1. The molecule has 1 aliphatic carbocycles. The largest absolute Gasteiger partial charge is 0.273 e. The topological polar surface area (TPSA) is 84.6 Å². The number of nitro groups is 1. The highest BCUT2D eigenvalue weighted by Gasteiger charge is 2.20. The fraction of sp³-hybridized carbons (Fsp3) is 0.429. The van der Waals surface area contributed by atoms with Crippen LogP contribution >= 0.6 is 0 Å². The second-order valence-corrected chi connectivity index (χ2v) is 4.92. The summed E-state index contributed by atoms with van der Waals surface area (Å²) in [5.41, 5.74) is 3.28. The number of hydrazone groups is 1. The van der Waals surface area contributed by atoms with Crippen LogP contribution in [0.1, 0.15) is 37.7 Å². The van der Waals surface area contributed by atoms with Gasteiger partial charge >= 0.3 is 0 Å². The van der Waals surface area contributed by atoms with Crippen molar-refractivity contribution >= 4 is 17.8 Å². The smallest absolute Gasteiger partial charge is 0.269 e. The van der Waals surface area contributed by atoms with Crippen molar-refractivity contribution in [2.45, 2.75) is 32.1 Å². The van der Waals surface area contributed by atoms with Crippen molar-refractivity contribution in [3.63, 3.8) is 0 Å². The molecular weight excluding hydrogens is 258 g/mol. The first kappa shape index (κ1) is 14.2. The van der Waals surface area contributed by atoms with E-state index in [4.69, 9.17) is 0 Å². The van der Waals surface area contributed by atoms with Gasteiger partial charge in [-0.25, -0.2) is 5.43 Å². The van der Waals surface area contributed by atoms with Gasteiger partial charge in [-0.3, -0.25) is 14.9 Å². The lowest BCUT2D eigenvalue weighted by Crippen LogP contribution is -2.28. The zero-order valence-corrected chi connectivity index (χ0v) is 11.1. The minimum absolute atomic E-state index is 0.0355. The molecule has 0 aromatic heterocycles. The Labute approximate surface area is 117 Å². The van der Waals surface area contributed by atoms with Gasteiger partial charge in [-0.2, -0.15) is 5.10 Å². The molecule has 0 atom stereocenters. The number of nitrogens with zero attached hydrogens (tertiary/aromatic N) is 2. The third-order valence-corrected chi connectivity index (χ3v) is 3.47. The quantitative estimate of drug-likeness (QED) is 0.520. The van der Waals surface area contributed by atoms with E-state index < -0.39 is 4.92 Å². The molecule has 0 aliphatic heterocycles. The highest BCUT2D eigenvalue weighted by Crippen LogP contribution is 2.23. The molecular formula is C14H17N3O3. The van der Waals surface area contributed by atoms with Crippen molar-refractivity contribution in [1.29, 1.82) is 0 Å². The average molecular weight is 275 g/mol. The maximum atomic E-state index is 11.8. The second kappa shape index (κ2) is 6.79. The van der Waals surface area contributed by atoms with E-state index >= 15 is 0 Å². The Kier molecular flexibility index (Phi) is 4.81. The Bertz CT molecular complexity index is 505. The number of rotatable bonds is 4. The number of carbonyl (C=O) groups is 1. The van der Waals surface area contributed by atoms with Crippen LogP contribution in [0.4, 0.5) is 5.69 Å². The SMILES string of the molecule is O=C(N/N=C\c1ccc([N+](=O)[O-])cc1)C1CCCCC1. The van der Waals surface area contributed by atoms with Gasteiger partial charge in [-0.1, -0.05) is 19.3 Å². The first-order valence-electron chi connectivity index (χ1n) is 6.74. The van der Waals surface area contributed by atoms with Crippen molar-refractivity contribution in [3.8, 4) is 0 Å². The zero-order chi connectivity index (χ0) is 14.4. The average Bonchev–Trinajstić information content (AvgIpc) is 2.48. The normalized spacial score (nSPS) is 16.2. The Morgan fingerprint density at radius 2 is 1.90 bits per heavy atom. The maximum absolute atomic E-state index is 11.8. The zero-order valence-electron chi connectivity index (χ0n) is 11.1. The van der Waals surface area contributed by atoms with Crippen LogP contribution in [0.5, 0.6) is 0 Å². The summed E-state index contributed by atoms with van der Waals surface area (Å²) in [6.07, 6.45) is 6.76. The molecule has 1 aromatic carbocycles. The Hall–Kier alpha value is -2.24. The third-order valence-electron chi connectivity index (χ3n) is 3.47. The fourth-order valence-electron chi connectivity index (χ4n) is 2.31. The van der Waals surface area contributed by atoms with Gasteiger partial charge in [0.05, 0.1) is 11.1 Å². The van der Waals surface area contributed by atoms with E-state index in [1.54, 1.807) is 12.1 Å². The maximum Gasteiger partial charge on any atom is 0.269 e.